The molecule has 0 aliphatic carbocycles. The Labute approximate surface area is 154 Å². The first-order valence-electron chi connectivity index (χ1n) is 8.33. The average molecular weight is 373 g/mol. The number of hydrogen-bond acceptors (Lipinski definition) is 2. The van der Waals surface area contributed by atoms with Crippen molar-refractivity contribution in [2.75, 3.05) is 0 Å². The molecule has 4 nitrogen and oxygen atoms in total. The lowest BCUT2D eigenvalue weighted by Crippen LogP contribution is -2.50. The van der Waals surface area contributed by atoms with Crippen LogP contribution in [-0.2, 0) is 16.1 Å². The van der Waals surface area contributed by atoms with Gasteiger partial charge in [0.1, 0.15) is 6.04 Å². The highest BCUT2D eigenvalue weighted by Gasteiger charge is 2.28. The summed E-state index contributed by atoms with van der Waals surface area (Å²) in [5.41, 5.74) is 0.852. The Kier molecular flexibility index (Phi) is 8.57. The summed E-state index contributed by atoms with van der Waals surface area (Å²) in [7, 11) is 0. The van der Waals surface area contributed by atoms with E-state index >= 15 is 0 Å². The van der Waals surface area contributed by atoms with Gasteiger partial charge in [-0.25, -0.2) is 0 Å². The van der Waals surface area contributed by atoms with Gasteiger partial charge in [0.25, 0.3) is 0 Å². The van der Waals surface area contributed by atoms with Crippen LogP contribution >= 0.6 is 23.2 Å². The summed E-state index contributed by atoms with van der Waals surface area (Å²) in [5.74, 6) is -0.161. The summed E-state index contributed by atoms with van der Waals surface area (Å²) in [6.45, 7) is 8.00. The van der Waals surface area contributed by atoms with Crippen molar-refractivity contribution in [1.29, 1.82) is 0 Å². The Hall–Kier alpha value is -1.26. The molecule has 0 aliphatic rings. The van der Waals surface area contributed by atoms with Crippen LogP contribution in [0.2, 0.25) is 10.0 Å². The van der Waals surface area contributed by atoms with Crippen molar-refractivity contribution >= 4 is 35.0 Å². The van der Waals surface area contributed by atoms with Gasteiger partial charge in [0.05, 0.1) is 10.0 Å². The van der Waals surface area contributed by atoms with E-state index in [0.717, 1.165) is 12.0 Å². The highest BCUT2D eigenvalue weighted by atomic mass is 35.5. The van der Waals surface area contributed by atoms with E-state index in [9.17, 15) is 9.59 Å². The molecule has 0 aromatic heterocycles. The van der Waals surface area contributed by atoms with Crippen LogP contribution in [0.3, 0.4) is 0 Å². The Morgan fingerprint density at radius 1 is 1.17 bits per heavy atom. The first kappa shape index (κ1) is 20.8. The number of nitrogens with one attached hydrogen (secondary N) is 1. The summed E-state index contributed by atoms with van der Waals surface area (Å²) in [4.78, 5) is 26.7. The van der Waals surface area contributed by atoms with E-state index in [1.54, 1.807) is 17.0 Å². The van der Waals surface area contributed by atoms with Gasteiger partial charge in [-0.05, 0) is 44.4 Å². The molecule has 0 spiro atoms. The molecule has 6 heteroatoms. The molecule has 1 rings (SSSR count). The lowest BCUT2D eigenvalue weighted by Gasteiger charge is -2.31. The molecule has 1 N–H and O–H groups in total. The molecule has 0 saturated carbocycles. The van der Waals surface area contributed by atoms with Crippen LogP contribution in [0.15, 0.2) is 18.2 Å². The summed E-state index contributed by atoms with van der Waals surface area (Å²) < 4.78 is 0. The van der Waals surface area contributed by atoms with Gasteiger partial charge >= 0.3 is 0 Å². The molecular weight excluding hydrogens is 347 g/mol. The second-order valence-electron chi connectivity index (χ2n) is 6.11. The Balaban J connectivity index is 3.07. The average Bonchev–Trinajstić information content (AvgIpc) is 2.50. The van der Waals surface area contributed by atoms with Gasteiger partial charge in [-0.1, -0.05) is 43.1 Å². The smallest absolute Gasteiger partial charge is 0.243 e. The Morgan fingerprint density at radius 2 is 1.83 bits per heavy atom. The predicted octanol–water partition coefficient (Wildman–Crippen LogP) is 4.43. The Morgan fingerprint density at radius 3 is 2.33 bits per heavy atom. The van der Waals surface area contributed by atoms with Crippen molar-refractivity contribution in [1.82, 2.24) is 10.2 Å². The molecule has 0 radical (unpaired) electrons. The minimum atomic E-state index is -0.499. The number of carbonyl (C=O) groups is 2. The lowest BCUT2D eigenvalue weighted by molar-refractivity contribution is -0.141. The highest BCUT2D eigenvalue weighted by molar-refractivity contribution is 6.42. The molecule has 2 amide bonds. The van der Waals surface area contributed by atoms with Crippen LogP contribution in [0.25, 0.3) is 0 Å². The predicted molar refractivity (Wildman–Crippen MR) is 99.3 cm³/mol. The van der Waals surface area contributed by atoms with Crippen molar-refractivity contribution in [3.63, 3.8) is 0 Å². The zero-order chi connectivity index (χ0) is 18.3. The van der Waals surface area contributed by atoms with Crippen LogP contribution in [-0.4, -0.2) is 28.8 Å². The van der Waals surface area contributed by atoms with E-state index in [-0.39, 0.29) is 17.9 Å². The zero-order valence-electron chi connectivity index (χ0n) is 14.7. The van der Waals surface area contributed by atoms with E-state index in [4.69, 9.17) is 23.2 Å². The number of halogens is 2. The number of amides is 2. The third-order valence-electron chi connectivity index (χ3n) is 3.62. The fourth-order valence-corrected chi connectivity index (χ4v) is 2.81. The van der Waals surface area contributed by atoms with Crippen LogP contribution in [0.1, 0.15) is 52.5 Å². The number of rotatable bonds is 8. The molecular formula is C18H26Cl2N2O2. The molecule has 1 aromatic carbocycles. The van der Waals surface area contributed by atoms with Crippen molar-refractivity contribution in [3.05, 3.63) is 33.8 Å². The quantitative estimate of drug-likeness (QED) is 0.733. The van der Waals surface area contributed by atoms with Gasteiger partial charge in [0.2, 0.25) is 11.8 Å². The van der Waals surface area contributed by atoms with Crippen LogP contribution in [0.4, 0.5) is 0 Å². The van der Waals surface area contributed by atoms with Crippen molar-refractivity contribution in [2.24, 2.45) is 0 Å². The molecule has 0 fully saturated rings. The molecule has 0 unspecified atom stereocenters. The topological polar surface area (TPSA) is 49.4 Å². The fourth-order valence-electron chi connectivity index (χ4n) is 2.49. The summed E-state index contributed by atoms with van der Waals surface area (Å²) in [6.07, 6.45) is 1.70. The third-order valence-corrected chi connectivity index (χ3v) is 4.36. The fraction of sp³-hybridized carbons (Fsp3) is 0.556. The number of benzene rings is 1. The maximum absolute atomic E-state index is 12.6. The molecule has 0 saturated heterocycles. The normalized spacial score (nSPS) is 12.1. The first-order valence-corrected chi connectivity index (χ1v) is 9.09. The lowest BCUT2D eigenvalue weighted by atomic mass is 10.1. The second-order valence-corrected chi connectivity index (χ2v) is 6.92. The number of carbonyl (C=O) groups excluding carboxylic acids is 2. The molecule has 1 atom stereocenters. The van der Waals surface area contributed by atoms with Gasteiger partial charge in [0, 0.05) is 19.0 Å². The van der Waals surface area contributed by atoms with Gasteiger partial charge in [-0.3, -0.25) is 9.59 Å². The van der Waals surface area contributed by atoms with E-state index < -0.39 is 6.04 Å². The number of nitrogens with zero attached hydrogens (tertiary/aromatic N) is 1. The molecule has 24 heavy (non-hydrogen) atoms. The van der Waals surface area contributed by atoms with Gasteiger partial charge in [-0.15, -0.1) is 0 Å². The van der Waals surface area contributed by atoms with E-state index in [0.29, 0.717) is 29.4 Å². The van der Waals surface area contributed by atoms with Crippen LogP contribution in [0, 0.1) is 0 Å². The van der Waals surface area contributed by atoms with Crippen molar-refractivity contribution in [2.45, 2.75) is 65.6 Å². The number of hydrogen-bond donors (Lipinski definition) is 1. The Bertz CT molecular complexity index is 576. The third kappa shape index (κ3) is 5.99. The SMILES string of the molecule is CCCC(=O)N(Cc1ccc(Cl)c(Cl)c1)[C@H](CC)C(=O)NC(C)C. The van der Waals surface area contributed by atoms with E-state index in [1.165, 1.54) is 0 Å². The molecule has 1 aromatic rings. The maximum Gasteiger partial charge on any atom is 0.243 e. The van der Waals surface area contributed by atoms with E-state index in [2.05, 4.69) is 5.32 Å². The monoisotopic (exact) mass is 372 g/mol. The molecule has 0 aliphatic heterocycles. The van der Waals surface area contributed by atoms with Crippen LogP contribution in [0.5, 0.6) is 0 Å². The molecule has 0 bridgehead atoms. The standard InChI is InChI=1S/C18H26Cl2N2O2/c1-5-7-17(23)22(16(6-2)18(24)21-12(3)4)11-13-8-9-14(19)15(20)10-13/h8-10,12,16H,5-7,11H2,1-4H3,(H,21,24)/t16-/m1/s1. The summed E-state index contributed by atoms with van der Waals surface area (Å²) in [5, 5.41) is 3.81. The minimum absolute atomic E-state index is 0.0275. The molecule has 134 valence electrons. The van der Waals surface area contributed by atoms with E-state index in [1.807, 2.05) is 33.8 Å². The summed E-state index contributed by atoms with van der Waals surface area (Å²) >= 11 is 12.0. The van der Waals surface area contributed by atoms with Crippen molar-refractivity contribution < 1.29 is 9.59 Å². The summed E-state index contributed by atoms with van der Waals surface area (Å²) in [6, 6.07) is 4.80. The highest BCUT2D eigenvalue weighted by Crippen LogP contribution is 2.24. The molecule has 0 heterocycles. The second kappa shape index (κ2) is 9.90. The first-order chi connectivity index (χ1) is 11.3. The largest absolute Gasteiger partial charge is 0.352 e. The maximum atomic E-state index is 12.6. The van der Waals surface area contributed by atoms with Gasteiger partial charge in [-0.2, -0.15) is 0 Å². The van der Waals surface area contributed by atoms with Gasteiger partial charge in [0.15, 0.2) is 0 Å². The minimum Gasteiger partial charge on any atom is -0.352 e. The van der Waals surface area contributed by atoms with Crippen molar-refractivity contribution in [3.8, 4) is 0 Å². The van der Waals surface area contributed by atoms with Crippen LogP contribution < -0.4 is 5.32 Å². The zero-order valence-corrected chi connectivity index (χ0v) is 16.2. The van der Waals surface area contributed by atoms with Gasteiger partial charge < -0.3 is 10.2 Å².